The quantitative estimate of drug-likeness (QED) is 0.781. The molecule has 3 nitrogen and oxygen atoms in total. The summed E-state index contributed by atoms with van der Waals surface area (Å²) in [6.45, 7) is 4.13. The van der Waals surface area contributed by atoms with E-state index >= 15 is 0 Å². The number of hydrogen-bond donors (Lipinski definition) is 1. The molecule has 0 saturated carbocycles. The zero-order chi connectivity index (χ0) is 8.97. The minimum atomic E-state index is 0.143. The molecule has 0 bridgehead atoms. The van der Waals surface area contributed by atoms with Gasteiger partial charge >= 0.3 is 0 Å². The predicted molar refractivity (Wildman–Crippen MR) is 51.1 cm³/mol. The Balaban J connectivity index is 2.52. The number of rotatable bonds is 4. The van der Waals surface area contributed by atoms with Gasteiger partial charge in [-0.1, -0.05) is 24.3 Å². The van der Waals surface area contributed by atoms with Gasteiger partial charge in [-0.3, -0.25) is 0 Å². The third kappa shape index (κ3) is 2.25. The summed E-state index contributed by atoms with van der Waals surface area (Å²) in [5.41, 5.74) is 6.95. The molecule has 1 rings (SSSR count). The first-order chi connectivity index (χ1) is 5.75. The molecular formula is C8H15N3S. The molecule has 12 heavy (non-hydrogen) atoms. The van der Waals surface area contributed by atoms with Gasteiger partial charge in [0.1, 0.15) is 0 Å². The summed E-state index contributed by atoms with van der Waals surface area (Å²) >= 11 is 1.42. The van der Waals surface area contributed by atoms with E-state index in [4.69, 9.17) is 5.73 Å². The smallest absolute Gasteiger partial charge is 0.0772 e. The normalized spacial score (nSPS) is 13.2. The molecule has 2 N–H and O–H groups in total. The highest BCUT2D eigenvalue weighted by Crippen LogP contribution is 2.21. The molecule has 1 aromatic rings. The third-order valence-electron chi connectivity index (χ3n) is 1.89. The topological polar surface area (TPSA) is 51.8 Å². The molecule has 0 saturated heterocycles. The Hall–Kier alpha value is -0.480. The Morgan fingerprint density at radius 1 is 1.58 bits per heavy atom. The lowest BCUT2D eigenvalue weighted by molar-refractivity contribution is 0.608. The van der Waals surface area contributed by atoms with Crippen LogP contribution in [-0.2, 0) is 0 Å². The Labute approximate surface area is 77.2 Å². The van der Waals surface area contributed by atoms with Crippen molar-refractivity contribution in [2.45, 2.75) is 39.2 Å². The third-order valence-corrected chi connectivity index (χ3v) is 2.85. The van der Waals surface area contributed by atoms with E-state index in [2.05, 4.69) is 16.5 Å². The first-order valence-electron chi connectivity index (χ1n) is 4.30. The summed E-state index contributed by atoms with van der Waals surface area (Å²) in [4.78, 5) is 1.14. The zero-order valence-electron chi connectivity index (χ0n) is 7.58. The molecule has 0 fully saturated rings. The fourth-order valence-corrected chi connectivity index (χ4v) is 1.81. The van der Waals surface area contributed by atoms with E-state index in [1.54, 1.807) is 0 Å². The molecule has 0 aliphatic heterocycles. The minimum absolute atomic E-state index is 0.143. The van der Waals surface area contributed by atoms with Crippen molar-refractivity contribution in [1.29, 1.82) is 0 Å². The molecule has 0 aliphatic carbocycles. The van der Waals surface area contributed by atoms with Gasteiger partial charge in [-0.25, -0.2) is 0 Å². The van der Waals surface area contributed by atoms with Crippen LogP contribution in [0.15, 0.2) is 0 Å². The highest BCUT2D eigenvalue weighted by molar-refractivity contribution is 7.05. The van der Waals surface area contributed by atoms with Crippen LogP contribution in [0.2, 0.25) is 0 Å². The van der Waals surface area contributed by atoms with Crippen LogP contribution in [0.5, 0.6) is 0 Å². The van der Waals surface area contributed by atoms with Crippen molar-refractivity contribution in [3.05, 3.63) is 10.6 Å². The summed E-state index contributed by atoms with van der Waals surface area (Å²) in [5, 5.41) is 3.93. The maximum Gasteiger partial charge on any atom is 0.0772 e. The summed E-state index contributed by atoms with van der Waals surface area (Å²) in [7, 11) is 0. The van der Waals surface area contributed by atoms with Crippen molar-refractivity contribution in [3.63, 3.8) is 0 Å². The van der Waals surface area contributed by atoms with Gasteiger partial charge in [0.15, 0.2) is 0 Å². The van der Waals surface area contributed by atoms with Gasteiger partial charge in [0.25, 0.3) is 0 Å². The van der Waals surface area contributed by atoms with Gasteiger partial charge in [0.05, 0.1) is 10.6 Å². The molecule has 1 atom stereocenters. The average molecular weight is 185 g/mol. The molecule has 1 aromatic heterocycles. The summed E-state index contributed by atoms with van der Waals surface area (Å²) in [6, 6.07) is 0.143. The second-order valence-corrected chi connectivity index (χ2v) is 3.76. The molecule has 68 valence electrons. The molecule has 1 heterocycles. The van der Waals surface area contributed by atoms with Crippen molar-refractivity contribution in [1.82, 2.24) is 9.59 Å². The predicted octanol–water partition coefficient (Wildman–Crippen LogP) is 2.04. The fraction of sp³-hybridized carbons (Fsp3) is 0.750. The summed E-state index contributed by atoms with van der Waals surface area (Å²) in [5.74, 6) is 0. The first kappa shape index (κ1) is 9.61. The van der Waals surface area contributed by atoms with Gasteiger partial charge in [-0.05, 0) is 24.9 Å². The van der Waals surface area contributed by atoms with Gasteiger partial charge in [-0.2, -0.15) is 0 Å². The van der Waals surface area contributed by atoms with Crippen LogP contribution >= 0.6 is 11.5 Å². The van der Waals surface area contributed by atoms with Crippen molar-refractivity contribution in [2.75, 3.05) is 0 Å². The van der Waals surface area contributed by atoms with Crippen LogP contribution in [0.1, 0.15) is 42.8 Å². The van der Waals surface area contributed by atoms with Crippen LogP contribution in [-0.4, -0.2) is 9.59 Å². The lowest BCUT2D eigenvalue weighted by atomic mass is 10.1. The van der Waals surface area contributed by atoms with E-state index < -0.39 is 0 Å². The molecule has 0 aliphatic rings. The van der Waals surface area contributed by atoms with Gasteiger partial charge in [0, 0.05) is 6.04 Å². The largest absolute Gasteiger partial charge is 0.323 e. The van der Waals surface area contributed by atoms with Crippen LogP contribution < -0.4 is 5.73 Å². The Morgan fingerprint density at radius 3 is 2.83 bits per heavy atom. The summed E-state index contributed by atoms with van der Waals surface area (Å²) < 4.78 is 3.86. The lowest BCUT2D eigenvalue weighted by Crippen LogP contribution is -2.09. The number of nitrogens with two attached hydrogens (primary N) is 1. The number of hydrogen-bond acceptors (Lipinski definition) is 4. The van der Waals surface area contributed by atoms with Gasteiger partial charge in [-0.15, -0.1) is 5.10 Å². The molecule has 4 heteroatoms. The van der Waals surface area contributed by atoms with E-state index in [0.717, 1.165) is 17.0 Å². The standard InChI is InChI=1S/C8H15N3S/c1-3-4-5-7(9)8-6(2)10-11-12-8/h7H,3-5,9H2,1-2H3. The first-order valence-corrected chi connectivity index (χ1v) is 5.07. The molecule has 1 unspecified atom stereocenters. The average Bonchev–Trinajstić information content (AvgIpc) is 2.47. The molecule has 0 aromatic carbocycles. The highest BCUT2D eigenvalue weighted by atomic mass is 32.1. The zero-order valence-corrected chi connectivity index (χ0v) is 8.40. The van der Waals surface area contributed by atoms with Gasteiger partial charge in [0.2, 0.25) is 0 Å². The Kier molecular flexibility index (Phi) is 3.62. The number of unbranched alkanes of at least 4 members (excludes halogenated alkanes) is 1. The highest BCUT2D eigenvalue weighted by Gasteiger charge is 2.11. The second kappa shape index (κ2) is 4.52. The second-order valence-electron chi connectivity index (χ2n) is 2.97. The molecule has 0 amide bonds. The monoisotopic (exact) mass is 185 g/mol. The van der Waals surface area contributed by atoms with E-state index in [0.29, 0.717) is 0 Å². The number of aromatic nitrogens is 2. The van der Waals surface area contributed by atoms with Crippen LogP contribution in [0.3, 0.4) is 0 Å². The molecule has 0 radical (unpaired) electrons. The van der Waals surface area contributed by atoms with Gasteiger partial charge < -0.3 is 5.73 Å². The van der Waals surface area contributed by atoms with E-state index in [9.17, 15) is 0 Å². The fourth-order valence-electron chi connectivity index (χ4n) is 1.13. The number of nitrogens with zero attached hydrogens (tertiary/aromatic N) is 2. The van der Waals surface area contributed by atoms with E-state index in [1.807, 2.05) is 6.92 Å². The lowest BCUT2D eigenvalue weighted by Gasteiger charge is -2.07. The van der Waals surface area contributed by atoms with Crippen molar-refractivity contribution in [3.8, 4) is 0 Å². The molecular weight excluding hydrogens is 170 g/mol. The van der Waals surface area contributed by atoms with Crippen LogP contribution in [0, 0.1) is 6.92 Å². The van der Waals surface area contributed by atoms with Crippen molar-refractivity contribution in [2.24, 2.45) is 5.73 Å². The maximum atomic E-state index is 5.96. The number of aryl methyl sites for hydroxylation is 1. The minimum Gasteiger partial charge on any atom is -0.323 e. The van der Waals surface area contributed by atoms with E-state index in [1.165, 1.54) is 24.4 Å². The van der Waals surface area contributed by atoms with E-state index in [-0.39, 0.29) is 6.04 Å². The maximum absolute atomic E-state index is 5.96. The summed E-state index contributed by atoms with van der Waals surface area (Å²) in [6.07, 6.45) is 3.42. The Morgan fingerprint density at radius 2 is 2.33 bits per heavy atom. The Bertz CT molecular complexity index is 234. The molecule has 0 spiro atoms. The van der Waals surface area contributed by atoms with Crippen molar-refractivity contribution >= 4 is 11.5 Å². The van der Waals surface area contributed by atoms with Crippen molar-refractivity contribution < 1.29 is 0 Å². The van der Waals surface area contributed by atoms with Crippen LogP contribution in [0.4, 0.5) is 0 Å². The van der Waals surface area contributed by atoms with Crippen LogP contribution in [0.25, 0.3) is 0 Å². The SMILES string of the molecule is CCCCC(N)c1snnc1C.